The highest BCUT2D eigenvalue weighted by Crippen LogP contribution is 2.27. The molecule has 106 valence electrons. The standard InChI is InChI=1S/C13H11BrFNO2S2/c1-19-13-5-3-2-4-12(13)16-20(17,18)9-6-7-10(14)11(15)8-9/h2-8,16H,1H3. The first kappa shape index (κ1) is 15.3. The average Bonchev–Trinajstić information content (AvgIpc) is 2.42. The molecule has 0 heterocycles. The Balaban J connectivity index is 2.38. The molecule has 0 bridgehead atoms. The summed E-state index contributed by atoms with van der Waals surface area (Å²) in [6.07, 6.45) is 1.85. The molecule has 0 aromatic heterocycles. The van der Waals surface area contributed by atoms with Crippen LogP contribution in [0.15, 0.2) is 56.7 Å². The molecule has 1 N–H and O–H groups in total. The maximum atomic E-state index is 13.5. The molecule has 0 aliphatic heterocycles. The van der Waals surface area contributed by atoms with Gasteiger partial charge in [0.05, 0.1) is 15.1 Å². The van der Waals surface area contributed by atoms with Gasteiger partial charge in [-0.05, 0) is 52.5 Å². The van der Waals surface area contributed by atoms with Crippen molar-refractivity contribution in [3.8, 4) is 0 Å². The first-order valence-corrected chi connectivity index (χ1v) is 9.05. The normalized spacial score (nSPS) is 11.3. The van der Waals surface area contributed by atoms with Crippen LogP contribution in [0.2, 0.25) is 0 Å². The number of anilines is 1. The Morgan fingerprint density at radius 3 is 2.55 bits per heavy atom. The third kappa shape index (κ3) is 3.34. The molecular weight excluding hydrogens is 365 g/mol. The van der Waals surface area contributed by atoms with Gasteiger partial charge in [0.1, 0.15) is 5.82 Å². The largest absolute Gasteiger partial charge is 0.278 e. The van der Waals surface area contributed by atoms with Crippen molar-refractivity contribution in [1.29, 1.82) is 0 Å². The van der Waals surface area contributed by atoms with Gasteiger partial charge in [0.2, 0.25) is 0 Å². The van der Waals surface area contributed by atoms with E-state index < -0.39 is 15.8 Å². The van der Waals surface area contributed by atoms with Crippen LogP contribution in [0.4, 0.5) is 10.1 Å². The van der Waals surface area contributed by atoms with E-state index >= 15 is 0 Å². The van der Waals surface area contributed by atoms with Crippen LogP contribution in [0.5, 0.6) is 0 Å². The highest BCUT2D eigenvalue weighted by molar-refractivity contribution is 9.10. The van der Waals surface area contributed by atoms with Crippen molar-refractivity contribution in [2.45, 2.75) is 9.79 Å². The molecule has 0 fully saturated rings. The number of benzene rings is 2. The minimum Gasteiger partial charge on any atom is -0.278 e. The molecule has 0 saturated heterocycles. The van der Waals surface area contributed by atoms with Crippen LogP contribution in [-0.4, -0.2) is 14.7 Å². The van der Waals surface area contributed by atoms with E-state index in [1.807, 2.05) is 18.4 Å². The van der Waals surface area contributed by atoms with E-state index in [1.165, 1.54) is 23.9 Å². The molecule has 2 aromatic carbocycles. The van der Waals surface area contributed by atoms with Gasteiger partial charge in [0.15, 0.2) is 0 Å². The van der Waals surface area contributed by atoms with Crippen LogP contribution >= 0.6 is 27.7 Å². The lowest BCUT2D eigenvalue weighted by molar-refractivity contribution is 0.593. The van der Waals surface area contributed by atoms with E-state index in [0.717, 1.165) is 11.0 Å². The lowest BCUT2D eigenvalue weighted by atomic mass is 10.3. The zero-order valence-electron chi connectivity index (χ0n) is 10.4. The van der Waals surface area contributed by atoms with Crippen molar-refractivity contribution in [3.05, 3.63) is 52.8 Å². The number of hydrogen-bond donors (Lipinski definition) is 1. The van der Waals surface area contributed by atoms with Crippen LogP contribution in [0, 0.1) is 5.82 Å². The average molecular weight is 376 g/mol. The molecule has 0 unspecified atom stereocenters. The molecule has 2 rings (SSSR count). The van der Waals surface area contributed by atoms with Crippen molar-refractivity contribution >= 4 is 43.4 Å². The summed E-state index contributed by atoms with van der Waals surface area (Å²) in [7, 11) is -3.81. The number of nitrogens with one attached hydrogen (secondary N) is 1. The molecule has 0 aliphatic carbocycles. The minimum atomic E-state index is -3.81. The first-order valence-electron chi connectivity index (χ1n) is 5.55. The maximum absolute atomic E-state index is 13.5. The minimum absolute atomic E-state index is 0.117. The van der Waals surface area contributed by atoms with Crippen molar-refractivity contribution in [2.24, 2.45) is 0 Å². The van der Waals surface area contributed by atoms with E-state index in [9.17, 15) is 12.8 Å². The molecular formula is C13H11BrFNO2S2. The van der Waals surface area contributed by atoms with E-state index in [1.54, 1.807) is 12.1 Å². The molecule has 20 heavy (non-hydrogen) atoms. The van der Waals surface area contributed by atoms with Gasteiger partial charge in [-0.3, -0.25) is 4.72 Å². The van der Waals surface area contributed by atoms with E-state index in [-0.39, 0.29) is 9.37 Å². The van der Waals surface area contributed by atoms with Crippen LogP contribution in [0.3, 0.4) is 0 Å². The number of hydrogen-bond acceptors (Lipinski definition) is 3. The molecule has 2 aromatic rings. The molecule has 7 heteroatoms. The Hall–Kier alpha value is -1.05. The maximum Gasteiger partial charge on any atom is 0.262 e. The zero-order valence-corrected chi connectivity index (χ0v) is 13.6. The van der Waals surface area contributed by atoms with E-state index in [2.05, 4.69) is 20.7 Å². The highest BCUT2D eigenvalue weighted by Gasteiger charge is 2.17. The monoisotopic (exact) mass is 375 g/mol. The molecule has 0 amide bonds. The van der Waals surface area contributed by atoms with Crippen LogP contribution in [-0.2, 0) is 10.0 Å². The fourth-order valence-electron chi connectivity index (χ4n) is 1.58. The molecule has 0 radical (unpaired) electrons. The number of thioether (sulfide) groups is 1. The summed E-state index contributed by atoms with van der Waals surface area (Å²) in [4.78, 5) is 0.683. The summed E-state index contributed by atoms with van der Waals surface area (Å²) in [6, 6.07) is 10.7. The number of sulfonamides is 1. The van der Waals surface area contributed by atoms with Crippen molar-refractivity contribution in [2.75, 3.05) is 11.0 Å². The van der Waals surface area contributed by atoms with Gasteiger partial charge in [-0.1, -0.05) is 12.1 Å². The van der Waals surface area contributed by atoms with Crippen LogP contribution in [0.1, 0.15) is 0 Å². The zero-order chi connectivity index (χ0) is 14.8. The fourth-order valence-corrected chi connectivity index (χ4v) is 3.53. The van der Waals surface area contributed by atoms with E-state index in [4.69, 9.17) is 0 Å². The lowest BCUT2D eigenvalue weighted by Gasteiger charge is -2.11. The van der Waals surface area contributed by atoms with Gasteiger partial charge >= 0.3 is 0 Å². The van der Waals surface area contributed by atoms with Gasteiger partial charge in [-0.25, -0.2) is 12.8 Å². The second-order valence-corrected chi connectivity index (χ2v) is 7.27. The summed E-state index contributed by atoms with van der Waals surface area (Å²) in [5.41, 5.74) is 0.475. The van der Waals surface area contributed by atoms with Gasteiger partial charge in [-0.2, -0.15) is 0 Å². The first-order chi connectivity index (χ1) is 9.44. The van der Waals surface area contributed by atoms with Gasteiger partial charge < -0.3 is 0 Å². The SMILES string of the molecule is CSc1ccccc1NS(=O)(=O)c1ccc(Br)c(F)c1. The smallest absolute Gasteiger partial charge is 0.262 e. The third-order valence-electron chi connectivity index (χ3n) is 2.55. The second kappa shape index (κ2) is 6.15. The van der Waals surface area contributed by atoms with E-state index in [0.29, 0.717) is 5.69 Å². The van der Waals surface area contributed by atoms with Crippen molar-refractivity contribution in [3.63, 3.8) is 0 Å². The summed E-state index contributed by atoms with van der Waals surface area (Å²) < 4.78 is 40.6. The Labute approximate surface area is 129 Å². The van der Waals surface area contributed by atoms with Gasteiger partial charge in [0.25, 0.3) is 10.0 Å². The molecule has 0 aliphatic rings. The number of halogens is 2. The summed E-state index contributed by atoms with van der Waals surface area (Å²) in [6.45, 7) is 0. The quantitative estimate of drug-likeness (QED) is 0.817. The van der Waals surface area contributed by atoms with Crippen LogP contribution in [0.25, 0.3) is 0 Å². The number of rotatable bonds is 4. The second-order valence-electron chi connectivity index (χ2n) is 3.88. The molecule has 0 saturated carbocycles. The third-order valence-corrected chi connectivity index (χ3v) is 5.35. The summed E-state index contributed by atoms with van der Waals surface area (Å²) in [5, 5.41) is 0. The fraction of sp³-hybridized carbons (Fsp3) is 0.0769. The topological polar surface area (TPSA) is 46.2 Å². The van der Waals surface area contributed by atoms with Gasteiger partial charge in [-0.15, -0.1) is 11.8 Å². The highest BCUT2D eigenvalue weighted by atomic mass is 79.9. The van der Waals surface area contributed by atoms with Crippen molar-refractivity contribution < 1.29 is 12.8 Å². The van der Waals surface area contributed by atoms with Crippen molar-refractivity contribution in [1.82, 2.24) is 0 Å². The Morgan fingerprint density at radius 1 is 1.20 bits per heavy atom. The summed E-state index contributed by atoms with van der Waals surface area (Å²) in [5.74, 6) is -0.619. The van der Waals surface area contributed by atoms with Crippen LogP contribution < -0.4 is 4.72 Å². The molecule has 3 nitrogen and oxygen atoms in total. The summed E-state index contributed by atoms with van der Waals surface area (Å²) >= 11 is 4.42. The molecule has 0 spiro atoms. The predicted octanol–water partition coefficient (Wildman–Crippen LogP) is 4.11. The van der Waals surface area contributed by atoms with Gasteiger partial charge in [0, 0.05) is 4.90 Å². The lowest BCUT2D eigenvalue weighted by Crippen LogP contribution is -2.13. The Kier molecular flexibility index (Phi) is 4.72. The number of para-hydroxylation sites is 1. The predicted molar refractivity (Wildman–Crippen MR) is 83.1 cm³/mol. The molecule has 0 atom stereocenters. The Morgan fingerprint density at radius 2 is 1.90 bits per heavy atom. The Bertz CT molecular complexity index is 735.